The van der Waals surface area contributed by atoms with Gasteiger partial charge in [-0.3, -0.25) is 4.79 Å². The van der Waals surface area contributed by atoms with Gasteiger partial charge in [-0.25, -0.2) is 0 Å². The minimum Gasteiger partial charge on any atom is -0.310 e. The number of nitrogens with one attached hydrogen (secondary N) is 1. The maximum atomic E-state index is 11.0. The fourth-order valence-electron chi connectivity index (χ4n) is 3.23. The molecule has 0 aromatic heterocycles. The summed E-state index contributed by atoms with van der Waals surface area (Å²) >= 11 is 0. The summed E-state index contributed by atoms with van der Waals surface area (Å²) in [4.78, 5) is 11.0. The van der Waals surface area contributed by atoms with Gasteiger partial charge in [0.2, 0.25) is 0 Å². The van der Waals surface area contributed by atoms with E-state index >= 15 is 0 Å². The molecule has 1 aromatic rings. The van der Waals surface area contributed by atoms with Gasteiger partial charge in [0, 0.05) is 0 Å². The highest BCUT2D eigenvalue weighted by Gasteiger charge is 2.34. The third kappa shape index (κ3) is 3.66. The van der Waals surface area contributed by atoms with Crippen molar-refractivity contribution in [1.82, 2.24) is 5.32 Å². The largest absolute Gasteiger partial charge is 0.310 e. The van der Waals surface area contributed by atoms with Gasteiger partial charge in [-0.15, -0.1) is 0 Å². The summed E-state index contributed by atoms with van der Waals surface area (Å²) < 4.78 is 0. The van der Waals surface area contributed by atoms with Crippen molar-refractivity contribution in [2.75, 3.05) is 13.1 Å². The number of hydrogen-bond donors (Lipinski definition) is 1. The molecule has 1 aliphatic rings. The maximum absolute atomic E-state index is 11.0. The lowest BCUT2D eigenvalue weighted by Gasteiger charge is -2.30. The van der Waals surface area contributed by atoms with Crippen LogP contribution in [0.25, 0.3) is 0 Å². The zero-order valence-corrected chi connectivity index (χ0v) is 12.2. The second kappa shape index (κ2) is 6.33. The van der Waals surface area contributed by atoms with Crippen molar-refractivity contribution in [3.05, 3.63) is 35.4 Å². The van der Waals surface area contributed by atoms with Crippen molar-refractivity contribution in [1.29, 1.82) is 0 Å². The summed E-state index contributed by atoms with van der Waals surface area (Å²) in [6.45, 7) is 5.22. The molecule has 0 unspecified atom stereocenters. The van der Waals surface area contributed by atoms with Crippen molar-refractivity contribution in [2.24, 2.45) is 0 Å². The highest BCUT2D eigenvalue weighted by atomic mass is 16.1. The number of hydrogen-bond acceptors (Lipinski definition) is 2. The summed E-state index contributed by atoms with van der Waals surface area (Å²) in [5, 5.41) is 3.27. The number of aryl methyl sites for hydroxylation is 1. The zero-order valence-electron chi connectivity index (χ0n) is 12.2. The Morgan fingerprint density at radius 1 is 1.21 bits per heavy atom. The van der Waals surface area contributed by atoms with Crippen LogP contribution in [0, 0.1) is 6.92 Å². The van der Waals surface area contributed by atoms with Crippen LogP contribution in [-0.2, 0) is 10.2 Å². The van der Waals surface area contributed by atoms with Crippen LogP contribution in [0.4, 0.5) is 0 Å². The van der Waals surface area contributed by atoms with Gasteiger partial charge >= 0.3 is 0 Å². The third-order valence-electron chi connectivity index (χ3n) is 4.38. The molecule has 0 radical (unpaired) electrons. The highest BCUT2D eigenvalue weighted by molar-refractivity contribution is 5.77. The van der Waals surface area contributed by atoms with E-state index in [2.05, 4.69) is 36.5 Å². The van der Waals surface area contributed by atoms with Crippen LogP contribution in [0.2, 0.25) is 0 Å². The lowest BCUT2D eigenvalue weighted by molar-refractivity contribution is -0.116. The minimum absolute atomic E-state index is 0.218. The molecule has 1 aromatic carbocycles. The molecule has 0 heterocycles. The fraction of sp³-hybridized carbons (Fsp3) is 0.588. The summed E-state index contributed by atoms with van der Waals surface area (Å²) in [5.74, 6) is 0.218. The van der Waals surface area contributed by atoms with E-state index in [1.807, 2.05) is 0 Å². The average molecular weight is 259 g/mol. The lowest BCUT2D eigenvalue weighted by atomic mass is 9.76. The Kier molecular flexibility index (Phi) is 4.76. The molecule has 2 nitrogen and oxygen atoms in total. The van der Waals surface area contributed by atoms with Crippen LogP contribution < -0.4 is 5.32 Å². The topological polar surface area (TPSA) is 29.1 Å². The maximum Gasteiger partial charge on any atom is 0.143 e. The van der Waals surface area contributed by atoms with Gasteiger partial charge in [0.1, 0.15) is 5.78 Å². The van der Waals surface area contributed by atoms with Gasteiger partial charge in [-0.2, -0.15) is 0 Å². The SMILES string of the molecule is CC(=O)CNCCC1(c2ccc(C)cc2)CCCC1. The van der Waals surface area contributed by atoms with Crippen molar-refractivity contribution < 1.29 is 4.79 Å². The van der Waals surface area contributed by atoms with Gasteiger partial charge in [-0.1, -0.05) is 42.7 Å². The molecule has 1 fully saturated rings. The predicted octanol–water partition coefficient (Wildman–Crippen LogP) is 3.38. The summed E-state index contributed by atoms with van der Waals surface area (Å²) in [6.07, 6.45) is 6.39. The first-order chi connectivity index (χ1) is 9.12. The van der Waals surface area contributed by atoms with Crippen LogP contribution in [0.5, 0.6) is 0 Å². The Balaban J connectivity index is 2.01. The smallest absolute Gasteiger partial charge is 0.143 e. The molecule has 1 saturated carbocycles. The average Bonchev–Trinajstić information content (AvgIpc) is 2.85. The third-order valence-corrected chi connectivity index (χ3v) is 4.38. The molecular weight excluding hydrogens is 234 g/mol. The number of rotatable bonds is 6. The Morgan fingerprint density at radius 3 is 2.42 bits per heavy atom. The molecule has 1 aliphatic carbocycles. The van der Waals surface area contributed by atoms with E-state index in [0.717, 1.165) is 13.0 Å². The molecule has 0 saturated heterocycles. The van der Waals surface area contributed by atoms with E-state index in [1.54, 1.807) is 6.92 Å². The van der Waals surface area contributed by atoms with E-state index < -0.39 is 0 Å². The summed E-state index contributed by atoms with van der Waals surface area (Å²) in [5.41, 5.74) is 3.16. The Hall–Kier alpha value is -1.15. The van der Waals surface area contributed by atoms with Crippen molar-refractivity contribution in [3.63, 3.8) is 0 Å². The van der Waals surface area contributed by atoms with E-state index in [-0.39, 0.29) is 5.78 Å². The summed E-state index contributed by atoms with van der Waals surface area (Å²) in [7, 11) is 0. The van der Waals surface area contributed by atoms with Crippen molar-refractivity contribution in [3.8, 4) is 0 Å². The molecule has 1 N–H and O–H groups in total. The van der Waals surface area contributed by atoms with Crippen LogP contribution >= 0.6 is 0 Å². The van der Waals surface area contributed by atoms with Gasteiger partial charge < -0.3 is 5.32 Å². The molecule has 104 valence electrons. The quantitative estimate of drug-likeness (QED) is 0.794. The first-order valence-electron chi connectivity index (χ1n) is 7.40. The molecule has 2 rings (SSSR count). The molecule has 0 bridgehead atoms. The highest BCUT2D eigenvalue weighted by Crippen LogP contribution is 2.43. The number of benzene rings is 1. The fourth-order valence-corrected chi connectivity index (χ4v) is 3.23. The molecule has 19 heavy (non-hydrogen) atoms. The van der Waals surface area contributed by atoms with Crippen LogP contribution in [0.1, 0.15) is 50.2 Å². The molecule has 0 aliphatic heterocycles. The monoisotopic (exact) mass is 259 g/mol. The predicted molar refractivity (Wildman–Crippen MR) is 79.5 cm³/mol. The van der Waals surface area contributed by atoms with Crippen LogP contribution in [-0.4, -0.2) is 18.9 Å². The van der Waals surface area contributed by atoms with Crippen molar-refractivity contribution >= 4 is 5.78 Å². The minimum atomic E-state index is 0.218. The number of carbonyl (C=O) groups is 1. The van der Waals surface area contributed by atoms with Crippen LogP contribution in [0.3, 0.4) is 0 Å². The Labute approximate surface area is 116 Å². The number of ketones is 1. The second-order valence-electron chi connectivity index (χ2n) is 5.98. The first-order valence-corrected chi connectivity index (χ1v) is 7.40. The summed E-state index contributed by atoms with van der Waals surface area (Å²) in [6, 6.07) is 9.04. The molecule has 0 amide bonds. The molecular formula is C17H25NO. The van der Waals surface area contributed by atoms with Gasteiger partial charge in [-0.05, 0) is 50.6 Å². The van der Waals surface area contributed by atoms with E-state index in [1.165, 1.54) is 36.8 Å². The molecule has 0 spiro atoms. The van der Waals surface area contributed by atoms with E-state index in [0.29, 0.717) is 12.0 Å². The molecule has 0 atom stereocenters. The second-order valence-corrected chi connectivity index (χ2v) is 5.98. The first kappa shape index (κ1) is 14.3. The molecule has 2 heteroatoms. The van der Waals surface area contributed by atoms with Gasteiger partial charge in [0.25, 0.3) is 0 Å². The Bertz CT molecular complexity index is 415. The van der Waals surface area contributed by atoms with E-state index in [4.69, 9.17) is 0 Å². The number of Topliss-reactive ketones (excluding diaryl/α,β-unsaturated/α-hetero) is 1. The van der Waals surface area contributed by atoms with Crippen molar-refractivity contribution in [2.45, 2.75) is 51.4 Å². The van der Waals surface area contributed by atoms with Gasteiger partial charge in [0.15, 0.2) is 0 Å². The number of carbonyl (C=O) groups excluding carboxylic acids is 1. The van der Waals surface area contributed by atoms with Gasteiger partial charge in [0.05, 0.1) is 6.54 Å². The normalized spacial score (nSPS) is 17.6. The van der Waals surface area contributed by atoms with Crippen LogP contribution in [0.15, 0.2) is 24.3 Å². The zero-order chi connectivity index (χ0) is 13.7. The standard InChI is InChI=1S/C17H25NO/c1-14-5-7-16(8-6-14)17(9-3-4-10-17)11-12-18-13-15(2)19/h5-8,18H,3-4,9-13H2,1-2H3. The Morgan fingerprint density at radius 2 is 1.84 bits per heavy atom. The van der Waals surface area contributed by atoms with E-state index in [9.17, 15) is 4.79 Å². The lowest BCUT2D eigenvalue weighted by Crippen LogP contribution is -2.30.